The molecule has 1 amide bonds. The van der Waals surface area contributed by atoms with Gasteiger partial charge in [0.15, 0.2) is 0 Å². The Balaban J connectivity index is 1.35. The number of ketones is 1. The molecule has 1 aliphatic carbocycles. The molecule has 1 fully saturated rings. The lowest BCUT2D eigenvalue weighted by Crippen LogP contribution is -2.53. The van der Waals surface area contributed by atoms with E-state index in [1.165, 1.54) is 17.2 Å². The standard InChI is InChI=1S/C21H21F3N2O2S/c22-21(23,24)19(27)17-7-8-18(29-17)20(28)26-11-9-25(10-12-26)16-6-5-14-3-1-2-4-15(14)13-16/h1-4,7-8,16H,5-6,9-13H2. The third-order valence-corrected chi connectivity index (χ3v) is 6.81. The first kappa shape index (κ1) is 20.1. The molecule has 1 unspecified atom stereocenters. The van der Waals surface area contributed by atoms with E-state index in [9.17, 15) is 22.8 Å². The number of piperazine rings is 1. The molecule has 29 heavy (non-hydrogen) atoms. The van der Waals surface area contributed by atoms with Crippen LogP contribution in [0.5, 0.6) is 0 Å². The number of thiophene rings is 1. The van der Waals surface area contributed by atoms with Gasteiger partial charge in [0.2, 0.25) is 0 Å². The molecule has 2 aliphatic rings. The maximum atomic E-state index is 12.7. The second-order valence-corrected chi connectivity index (χ2v) is 8.57. The number of carbonyl (C=O) groups is 2. The smallest absolute Gasteiger partial charge is 0.335 e. The monoisotopic (exact) mass is 422 g/mol. The van der Waals surface area contributed by atoms with Crippen molar-refractivity contribution in [1.82, 2.24) is 9.80 Å². The Morgan fingerprint density at radius 3 is 2.28 bits per heavy atom. The van der Waals surface area contributed by atoms with Crippen molar-refractivity contribution < 1.29 is 22.8 Å². The minimum Gasteiger partial charge on any atom is -0.335 e. The van der Waals surface area contributed by atoms with Gasteiger partial charge in [0, 0.05) is 32.2 Å². The minimum absolute atomic E-state index is 0.178. The number of aryl methyl sites for hydroxylation is 1. The SMILES string of the molecule is O=C(c1ccc(C(=O)C(F)(F)F)s1)N1CCN(C2CCc3ccccc3C2)CC1. The number of Topliss-reactive ketones (excluding diaryl/α,β-unsaturated/α-hetero) is 1. The summed E-state index contributed by atoms with van der Waals surface area (Å²) in [6.45, 7) is 2.57. The Labute approximate surface area is 170 Å². The number of carbonyl (C=O) groups excluding carboxylic acids is 2. The maximum Gasteiger partial charge on any atom is 0.455 e. The Kier molecular flexibility index (Phi) is 5.48. The van der Waals surface area contributed by atoms with Crippen LogP contribution in [0.4, 0.5) is 13.2 Å². The van der Waals surface area contributed by atoms with Crippen LogP contribution in [0.25, 0.3) is 0 Å². The molecule has 0 saturated carbocycles. The summed E-state index contributed by atoms with van der Waals surface area (Å²) in [4.78, 5) is 27.8. The molecule has 0 radical (unpaired) electrons. The summed E-state index contributed by atoms with van der Waals surface area (Å²) in [5.41, 5.74) is 2.81. The van der Waals surface area contributed by atoms with Crippen LogP contribution in [0.15, 0.2) is 36.4 Å². The first-order chi connectivity index (χ1) is 13.8. The lowest BCUT2D eigenvalue weighted by Gasteiger charge is -2.41. The van der Waals surface area contributed by atoms with Crippen LogP contribution >= 0.6 is 11.3 Å². The highest BCUT2D eigenvalue weighted by Gasteiger charge is 2.40. The van der Waals surface area contributed by atoms with E-state index >= 15 is 0 Å². The van der Waals surface area contributed by atoms with Crippen LogP contribution in [-0.4, -0.2) is 59.9 Å². The molecule has 1 aromatic heterocycles. The molecule has 1 aromatic carbocycles. The van der Waals surface area contributed by atoms with Crippen LogP contribution in [0, 0.1) is 0 Å². The second kappa shape index (κ2) is 7.91. The normalized spacial score (nSPS) is 20.4. The number of alkyl halides is 3. The fourth-order valence-electron chi connectivity index (χ4n) is 4.15. The molecule has 0 bridgehead atoms. The minimum atomic E-state index is -4.92. The zero-order valence-electron chi connectivity index (χ0n) is 15.7. The summed E-state index contributed by atoms with van der Waals surface area (Å²) in [6.07, 6.45) is -1.75. The highest BCUT2D eigenvalue weighted by atomic mass is 32.1. The Hall–Kier alpha value is -2.19. The zero-order chi connectivity index (χ0) is 20.6. The molecule has 4 nitrogen and oxygen atoms in total. The van der Waals surface area contributed by atoms with Crippen molar-refractivity contribution in [2.45, 2.75) is 31.5 Å². The van der Waals surface area contributed by atoms with Crippen molar-refractivity contribution in [2.24, 2.45) is 0 Å². The lowest BCUT2D eigenvalue weighted by molar-refractivity contribution is -0.0882. The average molecular weight is 422 g/mol. The van der Waals surface area contributed by atoms with E-state index < -0.39 is 16.8 Å². The highest BCUT2D eigenvalue weighted by molar-refractivity contribution is 7.16. The van der Waals surface area contributed by atoms with Crippen molar-refractivity contribution in [2.75, 3.05) is 26.2 Å². The number of hydrogen-bond acceptors (Lipinski definition) is 4. The first-order valence-corrected chi connectivity index (χ1v) is 10.5. The van der Waals surface area contributed by atoms with Crippen molar-refractivity contribution in [3.63, 3.8) is 0 Å². The molecule has 8 heteroatoms. The number of benzene rings is 1. The quantitative estimate of drug-likeness (QED) is 0.707. The molecule has 2 aromatic rings. The fraction of sp³-hybridized carbons (Fsp3) is 0.429. The van der Waals surface area contributed by atoms with Gasteiger partial charge in [-0.1, -0.05) is 24.3 Å². The highest BCUT2D eigenvalue weighted by Crippen LogP contribution is 2.28. The second-order valence-electron chi connectivity index (χ2n) is 7.48. The summed E-state index contributed by atoms with van der Waals surface area (Å²) >= 11 is 0.616. The molecule has 154 valence electrons. The summed E-state index contributed by atoms with van der Waals surface area (Å²) in [5.74, 6) is -2.20. The molecular weight excluding hydrogens is 401 g/mol. The predicted molar refractivity (Wildman–Crippen MR) is 104 cm³/mol. The van der Waals surface area contributed by atoms with Gasteiger partial charge in [-0.25, -0.2) is 0 Å². The van der Waals surface area contributed by atoms with E-state index in [2.05, 4.69) is 29.2 Å². The van der Waals surface area contributed by atoms with Gasteiger partial charge in [-0.05, 0) is 42.5 Å². The number of halogens is 3. The van der Waals surface area contributed by atoms with Crippen LogP contribution in [-0.2, 0) is 12.8 Å². The van der Waals surface area contributed by atoms with Gasteiger partial charge in [-0.3, -0.25) is 14.5 Å². The summed E-state index contributed by atoms with van der Waals surface area (Å²) in [5, 5.41) is 0. The molecule has 4 rings (SSSR count). The zero-order valence-corrected chi connectivity index (χ0v) is 16.6. The molecule has 1 aliphatic heterocycles. The number of rotatable bonds is 3. The third-order valence-electron chi connectivity index (χ3n) is 5.74. The summed E-state index contributed by atoms with van der Waals surface area (Å²) < 4.78 is 37.7. The van der Waals surface area contributed by atoms with Crippen molar-refractivity contribution in [3.8, 4) is 0 Å². The van der Waals surface area contributed by atoms with Crippen molar-refractivity contribution >= 4 is 23.0 Å². The Bertz CT molecular complexity index is 917. The maximum absolute atomic E-state index is 12.7. The first-order valence-electron chi connectivity index (χ1n) is 9.64. The van der Waals surface area contributed by atoms with Gasteiger partial charge in [-0.2, -0.15) is 13.2 Å². The van der Waals surface area contributed by atoms with Gasteiger partial charge in [-0.15, -0.1) is 11.3 Å². The van der Waals surface area contributed by atoms with Gasteiger partial charge in [0.25, 0.3) is 11.7 Å². The molecule has 0 N–H and O–H groups in total. The Morgan fingerprint density at radius 1 is 0.931 bits per heavy atom. The van der Waals surface area contributed by atoms with Gasteiger partial charge in [0.1, 0.15) is 0 Å². The molecule has 0 spiro atoms. The van der Waals surface area contributed by atoms with E-state index in [0.717, 1.165) is 38.4 Å². The molecule has 1 saturated heterocycles. The Morgan fingerprint density at radius 2 is 1.59 bits per heavy atom. The lowest BCUT2D eigenvalue weighted by atomic mass is 9.87. The van der Waals surface area contributed by atoms with Crippen LogP contribution in [0.2, 0.25) is 0 Å². The third kappa shape index (κ3) is 4.23. The predicted octanol–water partition coefficient (Wildman–Crippen LogP) is 3.81. The number of hydrogen-bond donors (Lipinski definition) is 0. The molecule has 1 atom stereocenters. The average Bonchev–Trinajstić information content (AvgIpc) is 3.22. The van der Waals surface area contributed by atoms with Gasteiger partial charge < -0.3 is 4.90 Å². The van der Waals surface area contributed by atoms with Gasteiger partial charge >= 0.3 is 6.18 Å². The number of amides is 1. The van der Waals surface area contributed by atoms with E-state index in [1.807, 2.05) is 0 Å². The van der Waals surface area contributed by atoms with Crippen LogP contribution < -0.4 is 0 Å². The fourth-order valence-corrected chi connectivity index (χ4v) is 5.08. The van der Waals surface area contributed by atoms with E-state index in [-0.39, 0.29) is 10.8 Å². The van der Waals surface area contributed by atoms with Gasteiger partial charge in [0.05, 0.1) is 9.75 Å². The number of nitrogens with zero attached hydrogens (tertiary/aromatic N) is 2. The molecular formula is C21H21F3N2O2S. The van der Waals surface area contributed by atoms with Crippen molar-refractivity contribution in [3.05, 3.63) is 57.3 Å². The van der Waals surface area contributed by atoms with Crippen molar-refractivity contribution in [1.29, 1.82) is 0 Å². The summed E-state index contributed by atoms with van der Waals surface area (Å²) in [7, 11) is 0. The van der Waals surface area contributed by atoms with E-state index in [0.29, 0.717) is 30.5 Å². The van der Waals surface area contributed by atoms with E-state index in [1.54, 1.807) is 4.90 Å². The van der Waals surface area contributed by atoms with Crippen LogP contribution in [0.1, 0.15) is 36.9 Å². The van der Waals surface area contributed by atoms with E-state index in [4.69, 9.17) is 0 Å². The number of fused-ring (bicyclic) bond motifs is 1. The summed E-state index contributed by atoms with van der Waals surface area (Å²) in [6, 6.07) is 11.4. The topological polar surface area (TPSA) is 40.6 Å². The largest absolute Gasteiger partial charge is 0.455 e. The molecule has 2 heterocycles. The van der Waals surface area contributed by atoms with Crippen LogP contribution in [0.3, 0.4) is 0 Å².